The molecular weight excluding hydrogens is 445 g/mol. The summed E-state index contributed by atoms with van der Waals surface area (Å²) in [5, 5.41) is 2.65. The molecule has 0 saturated heterocycles. The van der Waals surface area contributed by atoms with Gasteiger partial charge >= 0.3 is 0 Å². The van der Waals surface area contributed by atoms with Gasteiger partial charge in [-0.1, -0.05) is 12.1 Å². The fourth-order valence-corrected chi connectivity index (χ4v) is 3.32. The summed E-state index contributed by atoms with van der Waals surface area (Å²) in [6, 6.07) is 13.8. The van der Waals surface area contributed by atoms with Crippen molar-refractivity contribution >= 4 is 23.2 Å². The molecule has 1 atom stereocenters. The number of carbonyl (C=O) groups is 2. The maximum Gasteiger partial charge on any atom is 0.279 e. The molecule has 9 heteroatoms. The minimum absolute atomic E-state index is 0.0616. The monoisotopic (exact) mass is 462 g/mol. The van der Waals surface area contributed by atoms with Gasteiger partial charge in [-0.25, -0.2) is 18.2 Å². The Hall–Kier alpha value is -4.53. The van der Waals surface area contributed by atoms with E-state index in [9.17, 15) is 22.8 Å². The Kier molecular flexibility index (Phi) is 6.63. The number of benzene rings is 3. The molecule has 1 heterocycles. The van der Waals surface area contributed by atoms with Crippen LogP contribution in [0.2, 0.25) is 0 Å². The van der Waals surface area contributed by atoms with Crippen LogP contribution in [0.5, 0.6) is 0 Å². The van der Waals surface area contributed by atoms with Crippen molar-refractivity contribution in [3.8, 4) is 0 Å². The summed E-state index contributed by atoms with van der Waals surface area (Å²) in [4.78, 5) is 36.1. The van der Waals surface area contributed by atoms with Crippen molar-refractivity contribution < 1.29 is 22.8 Å². The number of carbonyl (C=O) groups excluding carboxylic acids is 2. The van der Waals surface area contributed by atoms with Gasteiger partial charge in [-0.15, -0.1) is 0 Å². The highest BCUT2D eigenvalue weighted by atomic mass is 19.1. The number of hydrogen-bond acceptors (Lipinski definition) is 4. The number of nitrogens with zero attached hydrogens (tertiary/aromatic N) is 3. The van der Waals surface area contributed by atoms with Gasteiger partial charge in [0.1, 0.15) is 29.2 Å². The molecule has 6 nitrogen and oxygen atoms in total. The number of aromatic nitrogens is 2. The lowest BCUT2D eigenvalue weighted by molar-refractivity contribution is -0.117. The lowest BCUT2D eigenvalue weighted by Crippen LogP contribution is -2.42. The largest absolute Gasteiger partial charge is 0.324 e. The standard InChI is InChI=1S/C25H17F3N4O2/c26-17-3-1-16(2-4-17)23(24(33)31-20-9-5-18(27)6-10-20)32(21-11-7-19(28)8-12-21)25(34)22-15-29-13-14-30-22/h1-15,23H,(H,31,33). The zero-order valence-electron chi connectivity index (χ0n) is 17.5. The van der Waals surface area contributed by atoms with Crippen molar-refractivity contribution in [2.24, 2.45) is 0 Å². The molecule has 3 aromatic carbocycles. The van der Waals surface area contributed by atoms with E-state index in [0.717, 1.165) is 29.2 Å². The first-order chi connectivity index (χ1) is 16.4. The Balaban J connectivity index is 1.83. The predicted molar refractivity (Wildman–Crippen MR) is 119 cm³/mol. The first kappa shape index (κ1) is 22.7. The van der Waals surface area contributed by atoms with Crippen molar-refractivity contribution in [1.82, 2.24) is 9.97 Å². The van der Waals surface area contributed by atoms with Gasteiger partial charge in [-0.3, -0.25) is 19.5 Å². The molecule has 0 aliphatic heterocycles. The molecule has 0 saturated carbocycles. The van der Waals surface area contributed by atoms with E-state index in [0.29, 0.717) is 0 Å². The van der Waals surface area contributed by atoms with Crippen LogP contribution < -0.4 is 10.2 Å². The molecule has 0 bridgehead atoms. The highest BCUT2D eigenvalue weighted by Crippen LogP contribution is 2.31. The van der Waals surface area contributed by atoms with Crippen LogP contribution in [0.3, 0.4) is 0 Å². The molecule has 2 amide bonds. The molecule has 4 aromatic rings. The van der Waals surface area contributed by atoms with E-state index in [1.807, 2.05) is 0 Å². The predicted octanol–water partition coefficient (Wildman–Crippen LogP) is 4.92. The first-order valence-corrected chi connectivity index (χ1v) is 10.1. The van der Waals surface area contributed by atoms with Crippen LogP contribution in [0.25, 0.3) is 0 Å². The fraction of sp³-hybridized carbons (Fsp3) is 0.0400. The quantitative estimate of drug-likeness (QED) is 0.441. The lowest BCUT2D eigenvalue weighted by atomic mass is 10.0. The molecular formula is C25H17F3N4O2. The van der Waals surface area contributed by atoms with E-state index in [-0.39, 0.29) is 22.6 Å². The summed E-state index contributed by atoms with van der Waals surface area (Å²) < 4.78 is 40.6. The SMILES string of the molecule is O=C(Nc1ccc(F)cc1)C(c1ccc(F)cc1)N(C(=O)c1cnccn1)c1ccc(F)cc1. The van der Waals surface area contributed by atoms with Crippen LogP contribution in [0, 0.1) is 17.5 Å². The number of hydrogen-bond donors (Lipinski definition) is 1. The van der Waals surface area contributed by atoms with E-state index in [1.165, 1.54) is 67.1 Å². The maximum absolute atomic E-state index is 13.7. The van der Waals surface area contributed by atoms with Crippen molar-refractivity contribution in [3.63, 3.8) is 0 Å². The minimum atomic E-state index is -1.31. The van der Waals surface area contributed by atoms with Crippen LogP contribution in [-0.4, -0.2) is 21.8 Å². The van der Waals surface area contributed by atoms with Gasteiger partial charge in [0.15, 0.2) is 0 Å². The van der Waals surface area contributed by atoms with Crippen LogP contribution in [-0.2, 0) is 4.79 Å². The van der Waals surface area contributed by atoms with E-state index >= 15 is 0 Å². The second-order valence-corrected chi connectivity index (χ2v) is 7.19. The highest BCUT2D eigenvalue weighted by molar-refractivity contribution is 6.11. The molecule has 170 valence electrons. The van der Waals surface area contributed by atoms with Crippen molar-refractivity contribution in [2.45, 2.75) is 6.04 Å². The van der Waals surface area contributed by atoms with Gasteiger partial charge in [0.05, 0.1) is 6.20 Å². The summed E-state index contributed by atoms with van der Waals surface area (Å²) in [5.41, 5.74) is 0.696. The van der Waals surface area contributed by atoms with Crippen molar-refractivity contribution in [2.75, 3.05) is 10.2 Å². The minimum Gasteiger partial charge on any atom is -0.324 e. The highest BCUT2D eigenvalue weighted by Gasteiger charge is 2.34. The normalized spacial score (nSPS) is 11.5. The molecule has 0 spiro atoms. The van der Waals surface area contributed by atoms with E-state index < -0.39 is 35.3 Å². The fourth-order valence-electron chi connectivity index (χ4n) is 3.32. The average molecular weight is 462 g/mol. The Morgan fingerprint density at radius 3 is 1.88 bits per heavy atom. The van der Waals surface area contributed by atoms with Gasteiger partial charge in [0, 0.05) is 23.8 Å². The Labute approximate surface area is 192 Å². The van der Waals surface area contributed by atoms with Crippen LogP contribution >= 0.6 is 0 Å². The summed E-state index contributed by atoms with van der Waals surface area (Å²) in [6.07, 6.45) is 3.94. The summed E-state index contributed by atoms with van der Waals surface area (Å²) in [6.45, 7) is 0. The second-order valence-electron chi connectivity index (χ2n) is 7.19. The Bertz CT molecular complexity index is 1280. The zero-order chi connectivity index (χ0) is 24.1. The lowest BCUT2D eigenvalue weighted by Gasteiger charge is -2.31. The van der Waals surface area contributed by atoms with Gasteiger partial charge < -0.3 is 5.32 Å². The third kappa shape index (κ3) is 5.09. The molecule has 1 unspecified atom stereocenters. The molecule has 1 aromatic heterocycles. The molecule has 1 N–H and O–H groups in total. The zero-order valence-corrected chi connectivity index (χ0v) is 17.5. The van der Waals surface area contributed by atoms with Gasteiger partial charge in [0.2, 0.25) is 0 Å². The van der Waals surface area contributed by atoms with Crippen LogP contribution in [0.15, 0.2) is 91.4 Å². The van der Waals surface area contributed by atoms with Crippen molar-refractivity contribution in [3.05, 3.63) is 120 Å². The van der Waals surface area contributed by atoms with Crippen LogP contribution in [0.1, 0.15) is 22.1 Å². The number of rotatable bonds is 6. The third-order valence-electron chi connectivity index (χ3n) is 4.91. The smallest absolute Gasteiger partial charge is 0.279 e. The van der Waals surface area contributed by atoms with E-state index in [1.54, 1.807) is 0 Å². The average Bonchev–Trinajstić information content (AvgIpc) is 2.85. The first-order valence-electron chi connectivity index (χ1n) is 10.1. The molecule has 0 radical (unpaired) electrons. The molecule has 0 aliphatic rings. The number of amides is 2. The molecule has 34 heavy (non-hydrogen) atoms. The molecule has 0 aliphatic carbocycles. The second kappa shape index (κ2) is 9.95. The Morgan fingerprint density at radius 1 is 0.765 bits per heavy atom. The van der Waals surface area contributed by atoms with Crippen molar-refractivity contribution in [1.29, 1.82) is 0 Å². The number of nitrogens with one attached hydrogen (secondary N) is 1. The van der Waals surface area contributed by atoms with E-state index in [2.05, 4.69) is 15.3 Å². The van der Waals surface area contributed by atoms with Gasteiger partial charge in [-0.2, -0.15) is 0 Å². The maximum atomic E-state index is 13.7. The number of anilines is 2. The summed E-state index contributed by atoms with van der Waals surface area (Å²) in [5.74, 6) is -2.92. The Morgan fingerprint density at radius 2 is 1.32 bits per heavy atom. The van der Waals surface area contributed by atoms with Crippen LogP contribution in [0.4, 0.5) is 24.5 Å². The number of halogens is 3. The molecule has 0 fully saturated rings. The third-order valence-corrected chi connectivity index (χ3v) is 4.91. The van der Waals surface area contributed by atoms with Gasteiger partial charge in [0.25, 0.3) is 11.8 Å². The topological polar surface area (TPSA) is 75.2 Å². The summed E-state index contributed by atoms with van der Waals surface area (Å²) in [7, 11) is 0. The van der Waals surface area contributed by atoms with E-state index in [4.69, 9.17) is 0 Å². The van der Waals surface area contributed by atoms with Gasteiger partial charge in [-0.05, 0) is 66.2 Å². The molecule has 4 rings (SSSR count). The summed E-state index contributed by atoms with van der Waals surface area (Å²) >= 11 is 0.